The van der Waals surface area contributed by atoms with Crippen molar-refractivity contribution in [1.82, 2.24) is 5.32 Å². The van der Waals surface area contributed by atoms with E-state index in [1.165, 1.54) is 57.9 Å². The summed E-state index contributed by atoms with van der Waals surface area (Å²) in [5.74, 6) is 0.987. The van der Waals surface area contributed by atoms with E-state index < -0.39 is 0 Å². The van der Waals surface area contributed by atoms with E-state index >= 15 is 0 Å². The Morgan fingerprint density at radius 2 is 2.24 bits per heavy atom. The minimum atomic E-state index is 0.500. The van der Waals surface area contributed by atoms with Gasteiger partial charge in [0.25, 0.3) is 0 Å². The predicted octanol–water partition coefficient (Wildman–Crippen LogP) is 3.99. The third-order valence-electron chi connectivity index (χ3n) is 4.53. The van der Waals surface area contributed by atoms with E-state index in [0.29, 0.717) is 5.54 Å². The standard InChI is InChI=1S/C15H23NS/c1-2-9-15(13-6-7-13,16-11-3-1)10-8-14-5-4-12-17-14/h4-5,12-13,16H,1-3,6-11H2. The molecule has 0 spiro atoms. The monoisotopic (exact) mass is 249 g/mol. The first-order valence-corrected chi connectivity index (χ1v) is 8.04. The van der Waals surface area contributed by atoms with Crippen LogP contribution in [0.1, 0.15) is 49.8 Å². The molecule has 2 aliphatic rings. The average molecular weight is 249 g/mol. The van der Waals surface area contributed by atoms with Crippen molar-refractivity contribution in [2.24, 2.45) is 5.92 Å². The molecule has 0 amide bonds. The lowest BCUT2D eigenvalue weighted by Gasteiger charge is -2.34. The summed E-state index contributed by atoms with van der Waals surface area (Å²) in [5.41, 5.74) is 0.500. The first-order valence-electron chi connectivity index (χ1n) is 7.16. The number of rotatable bonds is 4. The molecule has 1 saturated carbocycles. The van der Waals surface area contributed by atoms with Crippen LogP contribution in [0.4, 0.5) is 0 Å². The zero-order valence-electron chi connectivity index (χ0n) is 10.6. The number of hydrogen-bond acceptors (Lipinski definition) is 2. The number of thiophene rings is 1. The maximum Gasteiger partial charge on any atom is 0.0213 e. The highest BCUT2D eigenvalue weighted by Crippen LogP contribution is 2.45. The summed E-state index contributed by atoms with van der Waals surface area (Å²) in [5, 5.41) is 6.13. The van der Waals surface area contributed by atoms with Crippen LogP contribution in [0.5, 0.6) is 0 Å². The normalized spacial score (nSPS) is 30.1. The van der Waals surface area contributed by atoms with Crippen molar-refractivity contribution < 1.29 is 0 Å². The fourth-order valence-corrected chi connectivity index (χ4v) is 4.08. The average Bonchev–Trinajstić information content (AvgIpc) is 3.11. The van der Waals surface area contributed by atoms with Crippen molar-refractivity contribution in [3.63, 3.8) is 0 Å². The molecule has 0 radical (unpaired) electrons. The minimum Gasteiger partial charge on any atom is -0.311 e. The van der Waals surface area contributed by atoms with Gasteiger partial charge in [-0.1, -0.05) is 18.9 Å². The van der Waals surface area contributed by atoms with Crippen LogP contribution in [0.15, 0.2) is 17.5 Å². The first kappa shape index (κ1) is 11.7. The summed E-state index contributed by atoms with van der Waals surface area (Å²) < 4.78 is 0. The lowest BCUT2D eigenvalue weighted by Crippen LogP contribution is -2.47. The molecule has 1 aliphatic heterocycles. The Kier molecular flexibility index (Phi) is 3.53. The summed E-state index contributed by atoms with van der Waals surface area (Å²) in [6.45, 7) is 1.25. The van der Waals surface area contributed by atoms with Crippen LogP contribution in [0.25, 0.3) is 0 Å². The predicted molar refractivity (Wildman–Crippen MR) is 74.6 cm³/mol. The van der Waals surface area contributed by atoms with Gasteiger partial charge in [0.05, 0.1) is 0 Å². The van der Waals surface area contributed by atoms with E-state index in [-0.39, 0.29) is 0 Å². The molecule has 94 valence electrons. The maximum atomic E-state index is 3.92. The number of hydrogen-bond donors (Lipinski definition) is 1. The highest BCUT2D eigenvalue weighted by Gasteiger charge is 2.44. The van der Waals surface area contributed by atoms with Gasteiger partial charge in [-0.15, -0.1) is 11.3 Å². The van der Waals surface area contributed by atoms with Crippen molar-refractivity contribution in [1.29, 1.82) is 0 Å². The molecule has 2 heteroatoms. The second kappa shape index (κ2) is 5.11. The Balaban J connectivity index is 1.66. The van der Waals surface area contributed by atoms with E-state index in [4.69, 9.17) is 0 Å². The Morgan fingerprint density at radius 3 is 3.00 bits per heavy atom. The van der Waals surface area contributed by atoms with Crippen LogP contribution in [0, 0.1) is 5.92 Å². The van der Waals surface area contributed by atoms with Gasteiger partial charge in [-0.05, 0) is 62.4 Å². The highest BCUT2D eigenvalue weighted by molar-refractivity contribution is 7.09. The fourth-order valence-electron chi connectivity index (χ4n) is 3.37. The fraction of sp³-hybridized carbons (Fsp3) is 0.733. The molecule has 2 fully saturated rings. The second-order valence-electron chi connectivity index (χ2n) is 5.75. The summed E-state index contributed by atoms with van der Waals surface area (Å²) in [4.78, 5) is 1.57. The number of aryl methyl sites for hydroxylation is 1. The Bertz CT molecular complexity index is 332. The molecular weight excluding hydrogens is 226 g/mol. The van der Waals surface area contributed by atoms with E-state index in [9.17, 15) is 0 Å². The van der Waals surface area contributed by atoms with Crippen molar-refractivity contribution in [2.75, 3.05) is 6.54 Å². The molecule has 17 heavy (non-hydrogen) atoms. The summed E-state index contributed by atoms with van der Waals surface area (Å²) in [6, 6.07) is 4.48. The SMILES string of the molecule is c1csc(CCC2(C3CC3)CCCCCN2)c1. The Labute approximate surface area is 109 Å². The topological polar surface area (TPSA) is 12.0 Å². The molecule has 1 saturated heterocycles. The highest BCUT2D eigenvalue weighted by atomic mass is 32.1. The second-order valence-corrected chi connectivity index (χ2v) is 6.78. The molecule has 1 atom stereocenters. The molecule has 1 N–H and O–H groups in total. The summed E-state index contributed by atoms with van der Waals surface area (Å²) in [6.07, 6.45) is 11.2. The molecule has 0 aromatic carbocycles. The van der Waals surface area contributed by atoms with Gasteiger partial charge in [-0.25, -0.2) is 0 Å². The van der Waals surface area contributed by atoms with Gasteiger partial charge >= 0.3 is 0 Å². The van der Waals surface area contributed by atoms with Crippen molar-refractivity contribution in [3.05, 3.63) is 22.4 Å². The number of nitrogens with one attached hydrogen (secondary N) is 1. The van der Waals surface area contributed by atoms with E-state index in [1.807, 2.05) is 11.3 Å². The van der Waals surface area contributed by atoms with Gasteiger partial charge in [0.1, 0.15) is 0 Å². The molecule has 0 bridgehead atoms. The minimum absolute atomic E-state index is 0.500. The van der Waals surface area contributed by atoms with Gasteiger partial charge in [-0.2, -0.15) is 0 Å². The third kappa shape index (κ3) is 2.74. The van der Waals surface area contributed by atoms with E-state index in [0.717, 1.165) is 5.92 Å². The van der Waals surface area contributed by atoms with E-state index in [2.05, 4.69) is 22.8 Å². The van der Waals surface area contributed by atoms with Crippen LogP contribution in [-0.4, -0.2) is 12.1 Å². The summed E-state index contributed by atoms with van der Waals surface area (Å²) in [7, 11) is 0. The Hall–Kier alpha value is -0.340. The molecule has 3 rings (SSSR count). The Morgan fingerprint density at radius 1 is 1.29 bits per heavy atom. The first-order chi connectivity index (χ1) is 8.39. The van der Waals surface area contributed by atoms with E-state index in [1.54, 1.807) is 4.88 Å². The van der Waals surface area contributed by atoms with Gasteiger partial charge in [0, 0.05) is 10.4 Å². The summed E-state index contributed by atoms with van der Waals surface area (Å²) >= 11 is 1.92. The molecular formula is C15H23NS. The van der Waals surface area contributed by atoms with Crippen molar-refractivity contribution in [2.45, 2.75) is 56.9 Å². The smallest absolute Gasteiger partial charge is 0.0213 e. The van der Waals surface area contributed by atoms with Crippen LogP contribution in [-0.2, 0) is 6.42 Å². The quantitative estimate of drug-likeness (QED) is 0.850. The molecule has 1 aromatic rings. The molecule has 1 nitrogen and oxygen atoms in total. The zero-order valence-corrected chi connectivity index (χ0v) is 11.4. The van der Waals surface area contributed by atoms with Gasteiger partial charge < -0.3 is 5.32 Å². The molecule has 1 aliphatic carbocycles. The van der Waals surface area contributed by atoms with Gasteiger partial charge in [0.15, 0.2) is 0 Å². The lowest BCUT2D eigenvalue weighted by atomic mass is 9.83. The van der Waals surface area contributed by atoms with Crippen molar-refractivity contribution >= 4 is 11.3 Å². The van der Waals surface area contributed by atoms with Crippen LogP contribution in [0.3, 0.4) is 0 Å². The largest absolute Gasteiger partial charge is 0.311 e. The molecule has 1 unspecified atom stereocenters. The zero-order chi connectivity index (χ0) is 11.6. The lowest BCUT2D eigenvalue weighted by molar-refractivity contribution is 0.254. The van der Waals surface area contributed by atoms with Crippen LogP contribution < -0.4 is 5.32 Å². The third-order valence-corrected chi connectivity index (χ3v) is 5.47. The molecule has 1 aromatic heterocycles. The van der Waals surface area contributed by atoms with Crippen molar-refractivity contribution in [3.8, 4) is 0 Å². The van der Waals surface area contributed by atoms with Crippen LogP contribution >= 0.6 is 11.3 Å². The van der Waals surface area contributed by atoms with Crippen LogP contribution in [0.2, 0.25) is 0 Å². The van der Waals surface area contributed by atoms with Gasteiger partial charge in [0.2, 0.25) is 0 Å². The molecule has 2 heterocycles. The van der Waals surface area contributed by atoms with Gasteiger partial charge in [-0.3, -0.25) is 0 Å². The maximum absolute atomic E-state index is 3.92.